The molecule has 1 aromatic carbocycles. The van der Waals surface area contributed by atoms with Gasteiger partial charge in [0.15, 0.2) is 0 Å². The molecule has 9 nitrogen and oxygen atoms in total. The quantitative estimate of drug-likeness (QED) is 0.360. The minimum Gasteiger partial charge on any atom is -0.481 e. The minimum absolute atomic E-state index is 0.00357. The average Bonchev–Trinajstić information content (AvgIpc) is 3.27. The number of carboxylic acids is 1. The molecule has 0 bridgehead atoms. The zero-order valence-corrected chi connectivity index (χ0v) is 21.1. The summed E-state index contributed by atoms with van der Waals surface area (Å²) in [5.74, 6) is -1.56. The normalized spacial score (nSPS) is 18.6. The molecule has 2 heterocycles. The van der Waals surface area contributed by atoms with Gasteiger partial charge in [0, 0.05) is 35.3 Å². The molecule has 3 atom stereocenters. The molecule has 3 aromatic rings. The van der Waals surface area contributed by atoms with Gasteiger partial charge in [-0.05, 0) is 55.9 Å². The van der Waals surface area contributed by atoms with Crippen LogP contribution in [0.25, 0.3) is 11.3 Å². The van der Waals surface area contributed by atoms with Crippen molar-refractivity contribution >= 4 is 29.1 Å². The molecule has 1 aliphatic rings. The van der Waals surface area contributed by atoms with Gasteiger partial charge in [-0.15, -0.1) is 0 Å². The summed E-state index contributed by atoms with van der Waals surface area (Å²) in [5, 5.41) is 13.4. The van der Waals surface area contributed by atoms with Crippen LogP contribution in [-0.2, 0) is 4.79 Å². The van der Waals surface area contributed by atoms with Crippen molar-refractivity contribution in [2.75, 3.05) is 5.73 Å². The highest BCUT2D eigenvalue weighted by atomic mass is 35.5. The molecule has 1 aliphatic carbocycles. The van der Waals surface area contributed by atoms with Crippen molar-refractivity contribution in [3.63, 3.8) is 0 Å². The first-order chi connectivity index (χ1) is 17.9. The molecule has 2 aromatic heterocycles. The molecule has 0 aliphatic heterocycles. The molecule has 202 valence electrons. The highest BCUT2D eigenvalue weighted by Crippen LogP contribution is 2.40. The first-order valence-corrected chi connectivity index (χ1v) is 12.2. The second-order valence-corrected chi connectivity index (χ2v) is 9.53. The summed E-state index contributed by atoms with van der Waals surface area (Å²) in [6, 6.07) is 6.46. The van der Waals surface area contributed by atoms with E-state index in [9.17, 15) is 18.0 Å². The smallest absolute Gasteiger partial charge is 0.429 e. The van der Waals surface area contributed by atoms with Gasteiger partial charge in [-0.2, -0.15) is 23.3 Å². The first kappa shape index (κ1) is 27.4. The topological polar surface area (TPSA) is 142 Å². The zero-order valence-electron chi connectivity index (χ0n) is 20.3. The van der Waals surface area contributed by atoms with E-state index in [0.29, 0.717) is 36.2 Å². The van der Waals surface area contributed by atoms with E-state index >= 15 is 0 Å². The maximum absolute atomic E-state index is 14.3. The van der Waals surface area contributed by atoms with Crippen LogP contribution < -0.4 is 16.2 Å². The summed E-state index contributed by atoms with van der Waals surface area (Å²) in [6.45, 7) is 1.71. The number of aryl methyl sites for hydroxylation is 1. The highest BCUT2D eigenvalue weighted by Gasteiger charge is 2.45. The number of nitrogen functional groups attached to an aromatic ring is 1. The minimum atomic E-state index is -4.82. The number of ether oxygens (including phenoxy) is 1. The Morgan fingerprint density at radius 3 is 2.68 bits per heavy atom. The molecule has 0 saturated carbocycles. The van der Waals surface area contributed by atoms with Crippen molar-refractivity contribution in [1.82, 2.24) is 19.7 Å². The highest BCUT2D eigenvalue weighted by molar-refractivity contribution is 6.30. The Kier molecular flexibility index (Phi) is 7.93. The third-order valence-electron chi connectivity index (χ3n) is 6.28. The van der Waals surface area contributed by atoms with E-state index in [1.54, 1.807) is 19.1 Å². The number of aliphatic carboxylic acids is 1. The van der Waals surface area contributed by atoms with Crippen LogP contribution in [0.15, 0.2) is 42.6 Å². The Balaban J connectivity index is 1.66. The number of benzene rings is 1. The van der Waals surface area contributed by atoms with E-state index in [1.165, 1.54) is 35.1 Å². The molecule has 0 radical (unpaired) electrons. The number of aromatic nitrogens is 4. The van der Waals surface area contributed by atoms with Crippen LogP contribution in [0.2, 0.25) is 5.02 Å². The molecule has 4 rings (SSSR count). The van der Waals surface area contributed by atoms with E-state index in [4.69, 9.17) is 32.9 Å². The summed E-state index contributed by atoms with van der Waals surface area (Å²) < 4.78 is 49.8. The summed E-state index contributed by atoms with van der Waals surface area (Å²) >= 11 is 6.09. The van der Waals surface area contributed by atoms with Gasteiger partial charge in [-0.3, -0.25) is 4.79 Å². The van der Waals surface area contributed by atoms with Crippen molar-refractivity contribution in [3.05, 3.63) is 64.6 Å². The molecular formula is C25H26ClF3N6O3. The molecule has 13 heteroatoms. The lowest BCUT2D eigenvalue weighted by Crippen LogP contribution is -2.31. The van der Waals surface area contributed by atoms with E-state index in [-0.39, 0.29) is 40.4 Å². The molecule has 0 fully saturated rings. The van der Waals surface area contributed by atoms with Crippen LogP contribution in [0, 0.1) is 12.8 Å². The van der Waals surface area contributed by atoms with Gasteiger partial charge >= 0.3 is 12.1 Å². The summed E-state index contributed by atoms with van der Waals surface area (Å²) in [5.41, 5.74) is 13.5. The molecule has 38 heavy (non-hydrogen) atoms. The number of carbonyl (C=O) groups is 1. The Bertz CT molecular complexity index is 1360. The van der Waals surface area contributed by atoms with Crippen LogP contribution in [0.4, 0.5) is 19.1 Å². The van der Waals surface area contributed by atoms with Crippen LogP contribution in [0.3, 0.4) is 0 Å². The molecule has 2 unspecified atom stereocenters. The van der Waals surface area contributed by atoms with Gasteiger partial charge in [0.25, 0.3) is 0 Å². The van der Waals surface area contributed by atoms with Gasteiger partial charge in [-0.25, -0.2) is 9.67 Å². The summed E-state index contributed by atoms with van der Waals surface area (Å²) in [7, 11) is 0. The number of halogens is 4. The van der Waals surface area contributed by atoms with Crippen molar-refractivity contribution in [1.29, 1.82) is 0 Å². The number of allylic oxidation sites excluding steroid dienone is 1. The number of alkyl halides is 3. The molecule has 0 amide bonds. The monoisotopic (exact) mass is 550 g/mol. The average molecular weight is 551 g/mol. The van der Waals surface area contributed by atoms with Crippen LogP contribution in [-0.4, -0.2) is 43.0 Å². The van der Waals surface area contributed by atoms with E-state index < -0.39 is 24.3 Å². The number of hydrogen-bond acceptors (Lipinski definition) is 7. The number of nitrogens with two attached hydrogens (primary N) is 2. The fourth-order valence-electron chi connectivity index (χ4n) is 4.43. The molecule has 0 spiro atoms. The Morgan fingerprint density at radius 1 is 1.29 bits per heavy atom. The lowest BCUT2D eigenvalue weighted by molar-refractivity contribution is -0.198. The number of rotatable bonds is 8. The van der Waals surface area contributed by atoms with E-state index in [0.717, 1.165) is 0 Å². The fourth-order valence-corrected chi connectivity index (χ4v) is 4.59. The molecule has 5 N–H and O–H groups in total. The van der Waals surface area contributed by atoms with E-state index in [1.807, 2.05) is 0 Å². The maximum atomic E-state index is 14.3. The molecule has 0 saturated heterocycles. The van der Waals surface area contributed by atoms with Gasteiger partial charge in [0.1, 0.15) is 0 Å². The standard InChI is InChI=1S/C25H26ClF3N6O3/c1-13-8-9-35(34-13)20-11-16(26)5-6-17(20)23(25(27,28)29)38-21-12-19(32-24(31)33-21)15-3-2-14(18(30)10-15)4-7-22(36)37/h5-6,8-12,14,18,23H,2-4,7,30H2,1H3,(H,36,37)(H2,31,32,33)/t14?,18?,23-/m1/s1. The van der Waals surface area contributed by atoms with Crippen molar-refractivity contribution < 1.29 is 27.8 Å². The number of carboxylic acid groups (broad SMARTS) is 1. The lowest BCUT2D eigenvalue weighted by Gasteiger charge is -2.27. The third-order valence-corrected chi connectivity index (χ3v) is 6.52. The second kappa shape index (κ2) is 11.0. The Hall–Kier alpha value is -3.64. The van der Waals surface area contributed by atoms with Gasteiger partial charge in [0.2, 0.25) is 17.9 Å². The Morgan fingerprint density at radius 2 is 2.05 bits per heavy atom. The number of anilines is 1. The lowest BCUT2D eigenvalue weighted by atomic mass is 9.82. The van der Waals surface area contributed by atoms with E-state index in [2.05, 4.69) is 15.1 Å². The fraction of sp³-hybridized carbons (Fsp3) is 0.360. The number of nitrogens with zero attached hydrogens (tertiary/aromatic N) is 4. The van der Waals surface area contributed by atoms with Gasteiger partial charge < -0.3 is 21.3 Å². The van der Waals surface area contributed by atoms with Crippen molar-refractivity contribution in [2.24, 2.45) is 11.7 Å². The summed E-state index contributed by atoms with van der Waals surface area (Å²) in [4.78, 5) is 19.0. The van der Waals surface area contributed by atoms with Crippen molar-refractivity contribution in [2.45, 2.75) is 50.9 Å². The second-order valence-electron chi connectivity index (χ2n) is 9.09. The van der Waals surface area contributed by atoms with Crippen molar-refractivity contribution in [3.8, 4) is 11.6 Å². The zero-order chi connectivity index (χ0) is 27.6. The first-order valence-electron chi connectivity index (χ1n) is 11.8. The predicted molar refractivity (Wildman–Crippen MR) is 135 cm³/mol. The van der Waals surface area contributed by atoms with Gasteiger partial charge in [0.05, 0.1) is 17.1 Å². The van der Waals surface area contributed by atoms with Crippen LogP contribution >= 0.6 is 11.6 Å². The molecular weight excluding hydrogens is 525 g/mol. The largest absolute Gasteiger partial charge is 0.481 e. The van der Waals surface area contributed by atoms with Gasteiger partial charge in [-0.1, -0.05) is 23.7 Å². The third kappa shape index (κ3) is 6.43. The Labute approximate surface area is 221 Å². The maximum Gasteiger partial charge on any atom is 0.429 e. The summed E-state index contributed by atoms with van der Waals surface area (Å²) in [6.07, 6.45) is -2.45. The van der Waals surface area contributed by atoms with Crippen LogP contribution in [0.1, 0.15) is 48.7 Å². The van der Waals surface area contributed by atoms with Crippen LogP contribution in [0.5, 0.6) is 5.88 Å². The predicted octanol–water partition coefficient (Wildman–Crippen LogP) is 4.87. The number of hydrogen-bond donors (Lipinski definition) is 3. The SMILES string of the molecule is Cc1ccn(-c2cc(Cl)ccc2[C@@H](Oc2cc(C3=CC(N)C(CCC(=O)O)CC3)nc(N)n2)C(F)(F)F)n1.